The minimum atomic E-state index is -0.120. The van der Waals surface area contributed by atoms with E-state index in [2.05, 4.69) is 10.3 Å². The van der Waals surface area contributed by atoms with Crippen molar-refractivity contribution in [3.8, 4) is 16.5 Å². The topological polar surface area (TPSA) is 64.4 Å². The van der Waals surface area contributed by atoms with Gasteiger partial charge in [0.1, 0.15) is 5.75 Å². The quantitative estimate of drug-likeness (QED) is 0.734. The van der Waals surface area contributed by atoms with Gasteiger partial charge in [-0.15, -0.1) is 11.3 Å². The Morgan fingerprint density at radius 2 is 2.08 bits per heavy atom. The Morgan fingerprint density at radius 3 is 2.75 bits per heavy atom. The van der Waals surface area contributed by atoms with Crippen molar-refractivity contribution in [2.24, 2.45) is 0 Å². The third-order valence-electron chi connectivity index (χ3n) is 3.46. The van der Waals surface area contributed by atoms with Gasteiger partial charge in [0, 0.05) is 10.4 Å². The zero-order valence-electron chi connectivity index (χ0n) is 13.5. The summed E-state index contributed by atoms with van der Waals surface area (Å²) in [6.45, 7) is 4.90. The molecule has 0 saturated heterocycles. The van der Waals surface area contributed by atoms with E-state index in [-0.39, 0.29) is 5.91 Å². The zero-order valence-corrected chi connectivity index (χ0v) is 14.4. The summed E-state index contributed by atoms with van der Waals surface area (Å²) in [6.07, 6.45) is 1.62. The molecule has 2 heterocycles. The van der Waals surface area contributed by atoms with E-state index in [0.29, 0.717) is 18.7 Å². The third kappa shape index (κ3) is 3.65. The normalized spacial score (nSPS) is 10.6. The van der Waals surface area contributed by atoms with Crippen LogP contribution in [0.1, 0.15) is 27.9 Å². The third-order valence-corrected chi connectivity index (χ3v) is 4.63. The lowest BCUT2D eigenvalue weighted by Crippen LogP contribution is -2.22. The predicted molar refractivity (Wildman–Crippen MR) is 93.3 cm³/mol. The van der Waals surface area contributed by atoms with E-state index in [4.69, 9.17) is 9.15 Å². The number of benzene rings is 1. The van der Waals surface area contributed by atoms with Crippen LogP contribution in [0.25, 0.3) is 10.8 Å². The summed E-state index contributed by atoms with van der Waals surface area (Å²) in [4.78, 5) is 17.8. The molecule has 5 nitrogen and oxygen atoms in total. The van der Waals surface area contributed by atoms with Crippen LogP contribution in [0.5, 0.6) is 5.75 Å². The Balaban J connectivity index is 1.64. The van der Waals surface area contributed by atoms with Crippen LogP contribution in [-0.2, 0) is 6.54 Å². The average Bonchev–Trinajstić information content (AvgIpc) is 3.23. The highest BCUT2D eigenvalue weighted by Gasteiger charge is 2.13. The number of furan rings is 1. The van der Waals surface area contributed by atoms with Gasteiger partial charge in [0.05, 0.1) is 25.1 Å². The molecule has 1 N–H and O–H groups in total. The lowest BCUT2D eigenvalue weighted by Gasteiger charge is -2.06. The molecule has 0 aliphatic heterocycles. The number of carbonyl (C=O) groups excluding carboxylic acids is 1. The number of ether oxygens (including phenoxy) is 1. The Bertz CT molecular complexity index is 807. The maximum absolute atomic E-state index is 12.2. The van der Waals surface area contributed by atoms with Crippen molar-refractivity contribution in [1.82, 2.24) is 10.3 Å². The number of hydrogen-bond acceptors (Lipinski definition) is 5. The zero-order chi connectivity index (χ0) is 16.9. The highest BCUT2D eigenvalue weighted by atomic mass is 32.1. The van der Waals surface area contributed by atoms with Gasteiger partial charge < -0.3 is 14.5 Å². The number of hydrogen-bond donors (Lipinski definition) is 1. The second-order valence-corrected chi connectivity index (χ2v) is 6.23. The number of nitrogens with zero attached hydrogens (tertiary/aromatic N) is 1. The van der Waals surface area contributed by atoms with E-state index in [9.17, 15) is 4.79 Å². The van der Waals surface area contributed by atoms with Crippen LogP contribution >= 0.6 is 11.3 Å². The van der Waals surface area contributed by atoms with E-state index in [0.717, 1.165) is 27.1 Å². The molecule has 124 valence electrons. The molecule has 0 unspecified atom stereocenters. The molecule has 0 aliphatic carbocycles. The van der Waals surface area contributed by atoms with Crippen molar-refractivity contribution in [3.05, 3.63) is 58.8 Å². The minimum absolute atomic E-state index is 0.120. The number of amides is 1. The number of aromatic nitrogens is 1. The number of thiazole rings is 1. The summed E-state index contributed by atoms with van der Waals surface area (Å²) >= 11 is 1.52. The van der Waals surface area contributed by atoms with Crippen molar-refractivity contribution in [3.63, 3.8) is 0 Å². The van der Waals surface area contributed by atoms with Crippen LogP contribution in [0.15, 0.2) is 47.1 Å². The molecule has 0 fully saturated rings. The van der Waals surface area contributed by atoms with Gasteiger partial charge >= 0.3 is 0 Å². The van der Waals surface area contributed by atoms with Gasteiger partial charge in [-0.2, -0.15) is 0 Å². The van der Waals surface area contributed by atoms with Gasteiger partial charge in [0.2, 0.25) is 0 Å². The average molecular weight is 342 g/mol. The Kier molecular flexibility index (Phi) is 4.96. The highest BCUT2D eigenvalue weighted by Crippen LogP contribution is 2.28. The number of carbonyl (C=O) groups is 1. The van der Waals surface area contributed by atoms with E-state index < -0.39 is 0 Å². The van der Waals surface area contributed by atoms with Crippen LogP contribution in [0, 0.1) is 6.92 Å². The largest absolute Gasteiger partial charge is 0.494 e. The molecule has 3 rings (SSSR count). The van der Waals surface area contributed by atoms with Crippen LogP contribution in [0.3, 0.4) is 0 Å². The fraction of sp³-hybridized carbons (Fsp3) is 0.222. The van der Waals surface area contributed by atoms with Crippen molar-refractivity contribution in [2.45, 2.75) is 20.4 Å². The molecule has 0 saturated carbocycles. The first-order valence-corrected chi connectivity index (χ1v) is 8.50. The maximum atomic E-state index is 12.2. The summed E-state index contributed by atoms with van der Waals surface area (Å²) < 4.78 is 10.7. The molecular weight excluding hydrogens is 324 g/mol. The van der Waals surface area contributed by atoms with Gasteiger partial charge in [-0.05, 0) is 50.2 Å². The van der Waals surface area contributed by atoms with Crippen molar-refractivity contribution in [2.75, 3.05) is 6.61 Å². The minimum Gasteiger partial charge on any atom is -0.494 e. The monoisotopic (exact) mass is 342 g/mol. The van der Waals surface area contributed by atoms with Gasteiger partial charge in [0.25, 0.3) is 5.91 Å². The summed E-state index contributed by atoms with van der Waals surface area (Å²) in [5.74, 6) is 1.38. The Hall–Kier alpha value is -2.60. The number of aryl methyl sites for hydroxylation is 1. The molecule has 2 aromatic heterocycles. The molecule has 0 aliphatic rings. The molecule has 1 amide bonds. The van der Waals surface area contributed by atoms with Crippen LogP contribution in [-0.4, -0.2) is 17.5 Å². The molecule has 0 spiro atoms. The molecule has 0 bridgehead atoms. The molecule has 6 heteroatoms. The van der Waals surface area contributed by atoms with Gasteiger partial charge in [-0.3, -0.25) is 4.79 Å². The second kappa shape index (κ2) is 7.31. The smallest absolute Gasteiger partial charge is 0.251 e. The molecule has 0 radical (unpaired) electrons. The van der Waals surface area contributed by atoms with Crippen molar-refractivity contribution < 1.29 is 13.9 Å². The fourth-order valence-electron chi connectivity index (χ4n) is 2.23. The molecule has 0 atom stereocenters. The first-order valence-electron chi connectivity index (χ1n) is 7.68. The lowest BCUT2D eigenvalue weighted by molar-refractivity contribution is 0.0951. The van der Waals surface area contributed by atoms with Crippen molar-refractivity contribution in [1.29, 1.82) is 0 Å². The fourth-order valence-corrected chi connectivity index (χ4v) is 3.20. The maximum Gasteiger partial charge on any atom is 0.251 e. The molecular formula is C18H18N2O3S. The SMILES string of the molecule is CCOc1ccc(C(=O)NCc2sc(-c3ccco3)nc2C)cc1. The predicted octanol–water partition coefficient (Wildman–Crippen LogP) is 4.04. The first kappa shape index (κ1) is 16.3. The van der Waals surface area contributed by atoms with Gasteiger partial charge in [-0.1, -0.05) is 0 Å². The van der Waals surface area contributed by atoms with Gasteiger partial charge in [0.15, 0.2) is 10.8 Å². The Labute approximate surface area is 144 Å². The van der Waals surface area contributed by atoms with Gasteiger partial charge in [-0.25, -0.2) is 4.98 Å². The summed E-state index contributed by atoms with van der Waals surface area (Å²) in [7, 11) is 0. The van der Waals surface area contributed by atoms with Crippen LogP contribution in [0.4, 0.5) is 0 Å². The Morgan fingerprint density at radius 1 is 1.29 bits per heavy atom. The molecule has 24 heavy (non-hydrogen) atoms. The first-order chi connectivity index (χ1) is 11.7. The van der Waals surface area contributed by atoms with Crippen LogP contribution in [0.2, 0.25) is 0 Å². The van der Waals surface area contributed by atoms with E-state index in [1.54, 1.807) is 30.5 Å². The standard InChI is InChI=1S/C18H18N2O3S/c1-3-22-14-8-6-13(7-9-14)17(21)19-11-16-12(2)20-18(24-16)15-5-4-10-23-15/h4-10H,3,11H2,1-2H3,(H,19,21). The molecule has 1 aromatic carbocycles. The number of nitrogens with one attached hydrogen (secondary N) is 1. The van der Waals surface area contributed by atoms with Crippen molar-refractivity contribution >= 4 is 17.2 Å². The van der Waals surface area contributed by atoms with E-state index >= 15 is 0 Å². The lowest BCUT2D eigenvalue weighted by atomic mass is 10.2. The summed E-state index contributed by atoms with van der Waals surface area (Å²) in [5, 5.41) is 3.75. The second-order valence-electron chi connectivity index (χ2n) is 5.14. The van der Waals surface area contributed by atoms with E-state index in [1.165, 1.54) is 11.3 Å². The van der Waals surface area contributed by atoms with Crippen LogP contribution < -0.4 is 10.1 Å². The summed E-state index contributed by atoms with van der Waals surface area (Å²) in [5.41, 5.74) is 1.50. The summed E-state index contributed by atoms with van der Waals surface area (Å²) in [6, 6.07) is 10.8. The number of rotatable bonds is 6. The molecule has 3 aromatic rings. The van der Waals surface area contributed by atoms with E-state index in [1.807, 2.05) is 26.0 Å². The highest BCUT2D eigenvalue weighted by molar-refractivity contribution is 7.15.